The molecule has 102 valence electrons. The first-order valence-corrected chi connectivity index (χ1v) is 7.00. The van der Waals surface area contributed by atoms with Gasteiger partial charge in [-0.15, -0.1) is 11.3 Å². The number of hydrogen-bond donors (Lipinski definition) is 1. The van der Waals surface area contributed by atoms with Crippen molar-refractivity contribution >= 4 is 11.3 Å². The zero-order chi connectivity index (χ0) is 13.8. The lowest BCUT2D eigenvalue weighted by Crippen LogP contribution is -2.16. The number of halogens is 1. The molecule has 5 heteroatoms. The van der Waals surface area contributed by atoms with Crippen molar-refractivity contribution in [1.82, 2.24) is 10.3 Å². The van der Waals surface area contributed by atoms with Crippen molar-refractivity contribution in [3.8, 4) is 16.3 Å². The Kier molecular flexibility index (Phi) is 4.50. The number of nitrogens with one attached hydrogen (secondary N) is 1. The van der Waals surface area contributed by atoms with Crippen molar-refractivity contribution in [3.63, 3.8) is 0 Å². The molecule has 0 fully saturated rings. The van der Waals surface area contributed by atoms with Gasteiger partial charge in [0.2, 0.25) is 0 Å². The average molecular weight is 280 g/mol. The number of thiazole rings is 1. The first kappa shape index (κ1) is 14.0. The molecule has 3 nitrogen and oxygen atoms in total. The summed E-state index contributed by atoms with van der Waals surface area (Å²) in [6, 6.07) is 5.17. The first-order valence-electron chi connectivity index (χ1n) is 6.18. The van der Waals surface area contributed by atoms with Crippen LogP contribution < -0.4 is 10.1 Å². The van der Waals surface area contributed by atoms with Crippen LogP contribution in [0.25, 0.3) is 10.6 Å². The van der Waals surface area contributed by atoms with Gasteiger partial charge in [0.05, 0.1) is 7.11 Å². The molecule has 0 saturated carbocycles. The third-order valence-corrected chi connectivity index (χ3v) is 4.09. The Bertz CT molecular complexity index is 556. The second-order valence-corrected chi connectivity index (χ2v) is 5.26. The molecule has 0 saturated heterocycles. The fourth-order valence-electron chi connectivity index (χ4n) is 1.83. The first-order chi connectivity index (χ1) is 9.15. The van der Waals surface area contributed by atoms with E-state index in [1.165, 1.54) is 13.2 Å². The van der Waals surface area contributed by atoms with E-state index in [2.05, 4.69) is 24.1 Å². The topological polar surface area (TPSA) is 34.2 Å². The van der Waals surface area contributed by atoms with Gasteiger partial charge in [-0.2, -0.15) is 0 Å². The van der Waals surface area contributed by atoms with Crippen molar-refractivity contribution in [3.05, 3.63) is 35.1 Å². The fraction of sp³-hybridized carbons (Fsp3) is 0.357. The van der Waals surface area contributed by atoms with E-state index in [1.807, 2.05) is 12.3 Å². The van der Waals surface area contributed by atoms with Crippen LogP contribution in [0.5, 0.6) is 5.75 Å². The highest BCUT2D eigenvalue weighted by Gasteiger charge is 2.12. The van der Waals surface area contributed by atoms with Crippen molar-refractivity contribution in [1.29, 1.82) is 0 Å². The Morgan fingerprint density at radius 3 is 2.89 bits per heavy atom. The number of hydrogen-bond acceptors (Lipinski definition) is 4. The van der Waals surface area contributed by atoms with E-state index < -0.39 is 0 Å². The fourth-order valence-corrected chi connectivity index (χ4v) is 2.77. The van der Waals surface area contributed by atoms with Crippen LogP contribution in [-0.4, -0.2) is 18.6 Å². The summed E-state index contributed by atoms with van der Waals surface area (Å²) in [4.78, 5) is 5.50. The number of methoxy groups -OCH3 is 1. The van der Waals surface area contributed by atoms with Gasteiger partial charge in [-0.3, -0.25) is 0 Å². The van der Waals surface area contributed by atoms with Gasteiger partial charge < -0.3 is 10.1 Å². The maximum atomic E-state index is 13.7. The van der Waals surface area contributed by atoms with Gasteiger partial charge in [0, 0.05) is 22.7 Å². The lowest BCUT2D eigenvalue weighted by Gasteiger charge is -2.08. The van der Waals surface area contributed by atoms with E-state index in [4.69, 9.17) is 4.74 Å². The van der Waals surface area contributed by atoms with Crippen molar-refractivity contribution in [2.24, 2.45) is 0 Å². The molecule has 1 unspecified atom stereocenters. The van der Waals surface area contributed by atoms with Gasteiger partial charge >= 0.3 is 0 Å². The summed E-state index contributed by atoms with van der Waals surface area (Å²) in [5.41, 5.74) is 0.776. The second-order valence-electron chi connectivity index (χ2n) is 4.20. The summed E-state index contributed by atoms with van der Waals surface area (Å²) in [7, 11) is 1.46. The molecule has 1 aromatic carbocycles. The minimum Gasteiger partial charge on any atom is -0.494 e. The number of nitrogens with zero attached hydrogens (tertiary/aromatic N) is 1. The van der Waals surface area contributed by atoms with Gasteiger partial charge in [-0.25, -0.2) is 9.37 Å². The maximum Gasteiger partial charge on any atom is 0.165 e. The monoisotopic (exact) mass is 280 g/mol. The highest BCUT2D eigenvalue weighted by Crippen LogP contribution is 2.31. The molecule has 0 spiro atoms. The predicted octanol–water partition coefficient (Wildman–Crippen LogP) is 3.63. The Morgan fingerprint density at radius 1 is 1.47 bits per heavy atom. The summed E-state index contributed by atoms with van der Waals surface area (Å²) in [6.45, 7) is 5.07. The average Bonchev–Trinajstić information content (AvgIpc) is 2.88. The largest absolute Gasteiger partial charge is 0.494 e. The van der Waals surface area contributed by atoms with Crippen LogP contribution in [0.2, 0.25) is 0 Å². The number of aromatic nitrogens is 1. The lowest BCUT2D eigenvalue weighted by molar-refractivity contribution is 0.386. The molecule has 2 aromatic rings. The molecular weight excluding hydrogens is 263 g/mol. The van der Waals surface area contributed by atoms with Gasteiger partial charge in [0.25, 0.3) is 0 Å². The number of ether oxygens (including phenoxy) is 1. The van der Waals surface area contributed by atoms with E-state index >= 15 is 0 Å². The molecule has 0 aliphatic heterocycles. The highest BCUT2D eigenvalue weighted by molar-refractivity contribution is 7.15. The molecular formula is C14H17FN2OS. The summed E-state index contributed by atoms with van der Waals surface area (Å²) >= 11 is 1.58. The van der Waals surface area contributed by atoms with Crippen molar-refractivity contribution in [2.45, 2.75) is 19.9 Å². The normalized spacial score (nSPS) is 12.4. The summed E-state index contributed by atoms with van der Waals surface area (Å²) in [5.74, 6) is -0.113. The standard InChI is InChI=1S/C14H17FN2OS/c1-4-16-9(2)13-8-17-14(19-13)10-5-6-12(18-3)11(15)7-10/h5-9,16H,4H2,1-3H3. The summed E-state index contributed by atoms with van der Waals surface area (Å²) in [6.07, 6.45) is 1.84. The van der Waals surface area contributed by atoms with Crippen molar-refractivity contribution < 1.29 is 9.13 Å². The van der Waals surface area contributed by atoms with Crippen LogP contribution in [0.4, 0.5) is 4.39 Å². The SMILES string of the molecule is CCNC(C)c1cnc(-c2ccc(OC)c(F)c2)s1. The molecule has 1 aromatic heterocycles. The Balaban J connectivity index is 2.25. The van der Waals surface area contributed by atoms with Gasteiger partial charge in [0.15, 0.2) is 11.6 Å². The zero-order valence-electron chi connectivity index (χ0n) is 11.2. The minimum atomic E-state index is -0.364. The van der Waals surface area contributed by atoms with Gasteiger partial charge in [0.1, 0.15) is 5.01 Å². The van der Waals surface area contributed by atoms with Crippen LogP contribution in [0, 0.1) is 5.82 Å². The van der Waals surface area contributed by atoms with Crippen LogP contribution in [-0.2, 0) is 0 Å². The number of rotatable bonds is 5. The Hall–Kier alpha value is -1.46. The van der Waals surface area contributed by atoms with E-state index in [-0.39, 0.29) is 17.6 Å². The third kappa shape index (κ3) is 3.11. The second kappa shape index (κ2) is 6.12. The molecule has 0 aliphatic carbocycles. The third-order valence-electron chi connectivity index (χ3n) is 2.86. The quantitative estimate of drug-likeness (QED) is 0.908. The van der Waals surface area contributed by atoms with E-state index in [9.17, 15) is 4.39 Å². The summed E-state index contributed by atoms with van der Waals surface area (Å²) in [5, 5.41) is 4.15. The zero-order valence-corrected chi connectivity index (χ0v) is 12.1. The molecule has 0 amide bonds. The van der Waals surface area contributed by atoms with E-state index in [1.54, 1.807) is 17.4 Å². The summed E-state index contributed by atoms with van der Waals surface area (Å²) < 4.78 is 18.6. The number of benzene rings is 1. The molecule has 2 rings (SSSR count). The Morgan fingerprint density at radius 2 is 2.26 bits per heavy atom. The molecule has 1 heterocycles. The van der Waals surface area contributed by atoms with E-state index in [0.717, 1.165) is 22.0 Å². The van der Waals surface area contributed by atoms with Crippen molar-refractivity contribution in [2.75, 3.05) is 13.7 Å². The molecule has 19 heavy (non-hydrogen) atoms. The van der Waals surface area contributed by atoms with Crippen LogP contribution in [0.15, 0.2) is 24.4 Å². The van der Waals surface area contributed by atoms with Gasteiger partial charge in [-0.05, 0) is 31.7 Å². The molecule has 0 bridgehead atoms. The minimum absolute atomic E-state index is 0.251. The maximum absolute atomic E-state index is 13.7. The van der Waals surface area contributed by atoms with E-state index in [0.29, 0.717) is 0 Å². The lowest BCUT2D eigenvalue weighted by atomic mass is 10.2. The van der Waals surface area contributed by atoms with Gasteiger partial charge in [-0.1, -0.05) is 6.92 Å². The smallest absolute Gasteiger partial charge is 0.165 e. The van der Waals surface area contributed by atoms with Crippen LogP contribution in [0.1, 0.15) is 24.8 Å². The Labute approximate surface area is 116 Å². The molecule has 0 radical (unpaired) electrons. The highest BCUT2D eigenvalue weighted by atomic mass is 32.1. The van der Waals surface area contributed by atoms with Crippen LogP contribution in [0.3, 0.4) is 0 Å². The van der Waals surface area contributed by atoms with Crippen LogP contribution >= 0.6 is 11.3 Å². The predicted molar refractivity (Wildman–Crippen MR) is 76.2 cm³/mol. The molecule has 0 aliphatic rings. The molecule has 1 N–H and O–H groups in total. The molecule has 1 atom stereocenters.